The summed E-state index contributed by atoms with van der Waals surface area (Å²) in [5.74, 6) is 0. The van der Waals surface area contributed by atoms with Gasteiger partial charge in [-0.2, -0.15) is 5.48 Å². The van der Waals surface area contributed by atoms with Gasteiger partial charge in [-0.1, -0.05) is 0 Å². The van der Waals surface area contributed by atoms with Crippen molar-refractivity contribution in [3.8, 4) is 0 Å². The third-order valence-corrected chi connectivity index (χ3v) is 1.66. The predicted molar refractivity (Wildman–Crippen MR) is 49.1 cm³/mol. The fraction of sp³-hybridized carbons (Fsp3) is 1.00. The van der Waals surface area contributed by atoms with E-state index < -0.39 is 0 Å². The van der Waals surface area contributed by atoms with Gasteiger partial charge in [-0.25, -0.2) is 0 Å². The Bertz CT molecular complexity index is 138. The number of hydrogen-bond acceptors (Lipinski definition) is 4. The van der Waals surface area contributed by atoms with E-state index in [-0.39, 0.29) is 11.7 Å². The van der Waals surface area contributed by atoms with Crippen LogP contribution in [0.4, 0.5) is 0 Å². The highest BCUT2D eigenvalue weighted by molar-refractivity contribution is 4.62. The molecule has 0 radical (unpaired) electrons. The van der Waals surface area contributed by atoms with Crippen molar-refractivity contribution >= 4 is 0 Å². The maximum Gasteiger partial charge on any atom is 0.147 e. The second-order valence-corrected chi connectivity index (χ2v) is 4.17. The lowest BCUT2D eigenvalue weighted by atomic mass is 10.2. The minimum absolute atomic E-state index is 0.148. The van der Waals surface area contributed by atoms with Gasteiger partial charge in [0.2, 0.25) is 0 Å². The Balaban J connectivity index is 2.04. The Morgan fingerprint density at radius 1 is 1.46 bits per heavy atom. The van der Waals surface area contributed by atoms with E-state index in [0.717, 1.165) is 19.6 Å². The zero-order valence-corrected chi connectivity index (χ0v) is 8.63. The Kier molecular flexibility index (Phi) is 4.12. The molecule has 13 heavy (non-hydrogen) atoms. The Labute approximate surface area is 79.5 Å². The summed E-state index contributed by atoms with van der Waals surface area (Å²) >= 11 is 0. The molecule has 1 rings (SSSR count). The van der Waals surface area contributed by atoms with Crippen LogP contribution in [-0.2, 0) is 14.3 Å². The van der Waals surface area contributed by atoms with Gasteiger partial charge in [-0.05, 0) is 27.2 Å². The number of hydrogen-bond donors (Lipinski definition) is 1. The highest BCUT2D eigenvalue weighted by atomic mass is 16.7. The predicted octanol–water partition coefficient (Wildman–Crippen LogP) is 1.07. The highest BCUT2D eigenvalue weighted by Gasteiger charge is 2.15. The van der Waals surface area contributed by atoms with Crippen molar-refractivity contribution < 1.29 is 14.3 Å². The smallest absolute Gasteiger partial charge is 0.147 e. The molecule has 0 bridgehead atoms. The monoisotopic (exact) mass is 189 g/mol. The van der Waals surface area contributed by atoms with E-state index in [0.29, 0.717) is 6.79 Å². The molecule has 0 spiro atoms. The molecule has 1 fully saturated rings. The molecule has 0 saturated carbocycles. The standard InChI is InChI=1S/C9H19NO3/c1-9(2,3)13-10-6-8-4-5-11-7-12-8/h8,10H,4-7H2,1-3H3. The summed E-state index contributed by atoms with van der Waals surface area (Å²) in [7, 11) is 0. The van der Waals surface area contributed by atoms with Crippen LogP contribution < -0.4 is 5.48 Å². The Morgan fingerprint density at radius 2 is 2.23 bits per heavy atom. The first kappa shape index (κ1) is 10.9. The molecule has 1 saturated heterocycles. The van der Waals surface area contributed by atoms with Gasteiger partial charge in [0.25, 0.3) is 0 Å². The van der Waals surface area contributed by atoms with Crippen LogP contribution in [-0.4, -0.2) is 31.6 Å². The molecule has 4 heteroatoms. The molecule has 0 aromatic rings. The first-order valence-corrected chi connectivity index (χ1v) is 4.68. The molecule has 1 N–H and O–H groups in total. The molecule has 1 aliphatic rings. The summed E-state index contributed by atoms with van der Waals surface area (Å²) in [4.78, 5) is 5.36. The number of ether oxygens (including phenoxy) is 2. The number of hydroxylamine groups is 1. The van der Waals surface area contributed by atoms with Crippen LogP contribution in [0.15, 0.2) is 0 Å². The maximum absolute atomic E-state index is 5.36. The summed E-state index contributed by atoms with van der Waals surface area (Å²) in [6.07, 6.45) is 1.15. The van der Waals surface area contributed by atoms with Crippen molar-refractivity contribution in [3.63, 3.8) is 0 Å². The third-order valence-electron chi connectivity index (χ3n) is 1.66. The van der Waals surface area contributed by atoms with E-state index in [2.05, 4.69) is 5.48 Å². The molecule has 1 aliphatic heterocycles. The zero-order valence-electron chi connectivity index (χ0n) is 8.63. The van der Waals surface area contributed by atoms with Gasteiger partial charge >= 0.3 is 0 Å². The van der Waals surface area contributed by atoms with Crippen molar-refractivity contribution in [1.82, 2.24) is 5.48 Å². The minimum atomic E-state index is -0.148. The molecular formula is C9H19NO3. The van der Waals surface area contributed by atoms with Crippen LogP contribution >= 0.6 is 0 Å². The molecule has 78 valence electrons. The van der Waals surface area contributed by atoms with Crippen LogP contribution in [0.5, 0.6) is 0 Å². The quantitative estimate of drug-likeness (QED) is 0.674. The molecule has 0 aromatic heterocycles. The van der Waals surface area contributed by atoms with Crippen LogP contribution in [0.1, 0.15) is 27.2 Å². The van der Waals surface area contributed by atoms with Gasteiger partial charge in [0.05, 0.1) is 18.3 Å². The summed E-state index contributed by atoms with van der Waals surface area (Å²) in [6, 6.07) is 0. The van der Waals surface area contributed by atoms with Crippen LogP contribution in [0.25, 0.3) is 0 Å². The summed E-state index contributed by atoms with van der Waals surface area (Å²) in [5.41, 5.74) is 2.77. The zero-order chi connectivity index (χ0) is 9.73. The number of rotatable bonds is 3. The van der Waals surface area contributed by atoms with E-state index in [1.165, 1.54) is 0 Å². The van der Waals surface area contributed by atoms with Gasteiger partial charge in [-0.3, -0.25) is 4.84 Å². The van der Waals surface area contributed by atoms with Crippen molar-refractivity contribution in [1.29, 1.82) is 0 Å². The SMILES string of the molecule is CC(C)(C)ONCC1CCOCO1. The fourth-order valence-corrected chi connectivity index (χ4v) is 1.01. The molecule has 0 aromatic carbocycles. The summed E-state index contributed by atoms with van der Waals surface area (Å²) in [5, 5.41) is 0. The molecule has 0 amide bonds. The van der Waals surface area contributed by atoms with E-state index in [9.17, 15) is 0 Å². The fourth-order valence-electron chi connectivity index (χ4n) is 1.01. The van der Waals surface area contributed by atoms with Gasteiger partial charge in [-0.15, -0.1) is 0 Å². The lowest BCUT2D eigenvalue weighted by molar-refractivity contribution is -0.155. The number of nitrogens with one attached hydrogen (secondary N) is 1. The van der Waals surface area contributed by atoms with Gasteiger partial charge in [0, 0.05) is 6.54 Å². The summed E-state index contributed by atoms with van der Waals surface area (Å²) < 4.78 is 10.4. The Hall–Kier alpha value is -0.160. The molecule has 1 heterocycles. The van der Waals surface area contributed by atoms with Crippen LogP contribution in [0.3, 0.4) is 0 Å². The lowest BCUT2D eigenvalue weighted by Crippen LogP contribution is -2.37. The third kappa shape index (κ3) is 5.21. The molecule has 0 aliphatic carbocycles. The Morgan fingerprint density at radius 3 is 2.77 bits per heavy atom. The topological polar surface area (TPSA) is 39.7 Å². The molecular weight excluding hydrogens is 170 g/mol. The normalized spacial score (nSPS) is 24.7. The average Bonchev–Trinajstić information content (AvgIpc) is 2.04. The van der Waals surface area contributed by atoms with E-state index in [1.54, 1.807) is 0 Å². The first-order valence-electron chi connectivity index (χ1n) is 4.68. The van der Waals surface area contributed by atoms with Crippen LogP contribution in [0, 0.1) is 0 Å². The largest absolute Gasteiger partial charge is 0.355 e. The van der Waals surface area contributed by atoms with Crippen molar-refractivity contribution in [2.75, 3.05) is 19.9 Å². The summed E-state index contributed by atoms with van der Waals surface area (Å²) in [6.45, 7) is 7.92. The van der Waals surface area contributed by atoms with E-state index in [4.69, 9.17) is 14.3 Å². The molecule has 1 atom stereocenters. The maximum atomic E-state index is 5.36. The van der Waals surface area contributed by atoms with Crippen LogP contribution in [0.2, 0.25) is 0 Å². The van der Waals surface area contributed by atoms with Crippen molar-refractivity contribution in [3.05, 3.63) is 0 Å². The molecule has 4 nitrogen and oxygen atoms in total. The second-order valence-electron chi connectivity index (χ2n) is 4.17. The van der Waals surface area contributed by atoms with E-state index in [1.807, 2.05) is 20.8 Å². The van der Waals surface area contributed by atoms with E-state index >= 15 is 0 Å². The molecule has 1 unspecified atom stereocenters. The average molecular weight is 189 g/mol. The van der Waals surface area contributed by atoms with Gasteiger partial charge < -0.3 is 9.47 Å². The van der Waals surface area contributed by atoms with Crippen molar-refractivity contribution in [2.24, 2.45) is 0 Å². The second kappa shape index (κ2) is 4.91. The highest BCUT2D eigenvalue weighted by Crippen LogP contribution is 2.07. The van der Waals surface area contributed by atoms with Gasteiger partial charge in [0.1, 0.15) is 6.79 Å². The lowest BCUT2D eigenvalue weighted by Gasteiger charge is -2.25. The minimum Gasteiger partial charge on any atom is -0.355 e. The van der Waals surface area contributed by atoms with Crippen molar-refractivity contribution in [2.45, 2.75) is 38.9 Å². The first-order chi connectivity index (χ1) is 6.08. The van der Waals surface area contributed by atoms with Gasteiger partial charge in [0.15, 0.2) is 0 Å².